The van der Waals surface area contributed by atoms with E-state index in [1.165, 1.54) is 0 Å². The van der Waals surface area contributed by atoms with Gasteiger partial charge < -0.3 is 9.47 Å². The number of carbonyl (C=O) groups excluding carboxylic acids is 1. The van der Waals surface area contributed by atoms with Crippen LogP contribution in [-0.2, 0) is 9.47 Å². The van der Waals surface area contributed by atoms with Gasteiger partial charge in [-0.1, -0.05) is 11.6 Å². The van der Waals surface area contributed by atoms with Gasteiger partial charge in [0.2, 0.25) is 0 Å². The minimum atomic E-state index is -0.609. The van der Waals surface area contributed by atoms with Crippen LogP contribution in [0.3, 0.4) is 0 Å². The first-order valence-corrected chi connectivity index (χ1v) is 9.20. The van der Waals surface area contributed by atoms with E-state index in [0.29, 0.717) is 35.7 Å². The predicted molar refractivity (Wildman–Crippen MR) is 98.2 cm³/mol. The van der Waals surface area contributed by atoms with E-state index in [0.717, 1.165) is 6.42 Å². The normalized spacial score (nSPS) is 17.9. The molecule has 2 aromatic rings. The van der Waals surface area contributed by atoms with Crippen LogP contribution in [0.4, 0.5) is 10.6 Å². The number of hydrogen-bond donors (Lipinski definition) is 0. The molecule has 136 valence electrons. The fraction of sp³-hybridized carbons (Fsp3) is 0.562. The van der Waals surface area contributed by atoms with Crippen LogP contribution in [0.1, 0.15) is 27.2 Å². The molecule has 0 saturated carbocycles. The molecule has 2 aromatic heterocycles. The lowest BCUT2D eigenvalue weighted by Gasteiger charge is -2.29. The summed E-state index contributed by atoms with van der Waals surface area (Å²) < 4.78 is 13.3. The van der Waals surface area contributed by atoms with E-state index in [1.807, 2.05) is 20.8 Å². The van der Waals surface area contributed by atoms with Crippen LogP contribution in [0.15, 0.2) is 16.7 Å². The lowest BCUT2D eigenvalue weighted by Crippen LogP contribution is -2.41. The lowest BCUT2D eigenvalue weighted by atomic mass is 10.1. The molecule has 3 heterocycles. The monoisotopic (exact) mass is 430 g/mol. The Labute approximate surface area is 159 Å². The molecular formula is C16H20BrClN4O3. The zero-order valence-corrected chi connectivity index (χ0v) is 16.7. The third kappa shape index (κ3) is 4.24. The van der Waals surface area contributed by atoms with Gasteiger partial charge in [0.25, 0.3) is 0 Å². The maximum atomic E-state index is 12.9. The van der Waals surface area contributed by atoms with Gasteiger partial charge in [0, 0.05) is 25.1 Å². The van der Waals surface area contributed by atoms with Crippen molar-refractivity contribution in [1.29, 1.82) is 0 Å². The molecule has 1 aliphatic heterocycles. The van der Waals surface area contributed by atoms with Crippen molar-refractivity contribution in [2.24, 2.45) is 5.92 Å². The molecule has 0 spiro atoms. The van der Waals surface area contributed by atoms with Gasteiger partial charge in [-0.05, 0) is 43.1 Å². The SMILES string of the molecule is CC(C)(C)OC(=O)N(C[C@H]1CCOC1)c1cc(Cl)nc2c(Br)cnn12. The van der Waals surface area contributed by atoms with Crippen LogP contribution >= 0.6 is 27.5 Å². The number of halogens is 2. The molecule has 1 aliphatic rings. The van der Waals surface area contributed by atoms with Gasteiger partial charge in [-0.25, -0.2) is 9.78 Å². The second-order valence-electron chi connectivity index (χ2n) is 6.99. The number of carbonyl (C=O) groups is 1. The highest BCUT2D eigenvalue weighted by atomic mass is 79.9. The van der Waals surface area contributed by atoms with Crippen molar-refractivity contribution in [1.82, 2.24) is 14.6 Å². The van der Waals surface area contributed by atoms with E-state index >= 15 is 0 Å². The van der Waals surface area contributed by atoms with Crippen molar-refractivity contribution in [3.05, 3.63) is 21.9 Å². The summed E-state index contributed by atoms with van der Waals surface area (Å²) in [6, 6.07) is 1.62. The zero-order chi connectivity index (χ0) is 18.2. The number of amides is 1. The summed E-state index contributed by atoms with van der Waals surface area (Å²) in [4.78, 5) is 18.7. The van der Waals surface area contributed by atoms with Gasteiger partial charge in [-0.2, -0.15) is 9.61 Å². The fourth-order valence-electron chi connectivity index (χ4n) is 2.65. The van der Waals surface area contributed by atoms with Crippen LogP contribution in [0.2, 0.25) is 5.15 Å². The molecule has 0 aliphatic carbocycles. The molecule has 1 fully saturated rings. The molecule has 1 atom stereocenters. The van der Waals surface area contributed by atoms with E-state index < -0.39 is 11.7 Å². The minimum Gasteiger partial charge on any atom is -0.443 e. The van der Waals surface area contributed by atoms with Gasteiger partial charge in [-0.15, -0.1) is 0 Å². The Hall–Kier alpha value is -1.38. The average Bonchev–Trinajstić information content (AvgIpc) is 3.13. The Morgan fingerprint density at radius 1 is 1.56 bits per heavy atom. The molecule has 0 bridgehead atoms. The smallest absolute Gasteiger partial charge is 0.416 e. The van der Waals surface area contributed by atoms with E-state index in [2.05, 4.69) is 26.0 Å². The highest BCUT2D eigenvalue weighted by Crippen LogP contribution is 2.27. The van der Waals surface area contributed by atoms with Crippen molar-refractivity contribution in [2.75, 3.05) is 24.7 Å². The lowest BCUT2D eigenvalue weighted by molar-refractivity contribution is 0.0571. The Kier molecular flexibility index (Phi) is 5.22. The Morgan fingerprint density at radius 2 is 2.32 bits per heavy atom. The molecule has 1 amide bonds. The van der Waals surface area contributed by atoms with Gasteiger partial charge in [0.05, 0.1) is 17.3 Å². The second-order valence-corrected chi connectivity index (χ2v) is 8.23. The molecular weight excluding hydrogens is 412 g/mol. The standard InChI is InChI=1S/C16H20BrClN4O3/c1-16(2,3)25-15(23)21(8-10-4-5-24-9-10)13-6-12(18)20-14-11(17)7-19-22(13)14/h6-7,10H,4-5,8-9H2,1-3H3/t10-/m1/s1. The molecule has 1 saturated heterocycles. The minimum absolute atomic E-state index is 0.230. The van der Waals surface area contributed by atoms with E-state index in [9.17, 15) is 4.79 Å². The van der Waals surface area contributed by atoms with Crippen LogP contribution in [0.5, 0.6) is 0 Å². The Balaban J connectivity index is 2.02. The zero-order valence-electron chi connectivity index (χ0n) is 14.3. The first-order chi connectivity index (χ1) is 11.7. The summed E-state index contributed by atoms with van der Waals surface area (Å²) in [6.45, 7) is 7.28. The number of rotatable bonds is 3. The maximum absolute atomic E-state index is 12.9. The molecule has 3 rings (SSSR count). The molecule has 7 nitrogen and oxygen atoms in total. The van der Waals surface area contributed by atoms with Crippen molar-refractivity contribution in [3.8, 4) is 0 Å². The topological polar surface area (TPSA) is 69.0 Å². The summed E-state index contributed by atoms with van der Waals surface area (Å²) >= 11 is 9.57. The number of anilines is 1. The van der Waals surface area contributed by atoms with E-state index in [4.69, 9.17) is 21.1 Å². The van der Waals surface area contributed by atoms with Crippen molar-refractivity contribution >= 4 is 45.1 Å². The first-order valence-electron chi connectivity index (χ1n) is 8.02. The van der Waals surface area contributed by atoms with Crippen LogP contribution in [0.25, 0.3) is 5.65 Å². The summed E-state index contributed by atoms with van der Waals surface area (Å²) in [5.74, 6) is 0.746. The molecule has 25 heavy (non-hydrogen) atoms. The molecule has 0 aromatic carbocycles. The number of nitrogens with zero attached hydrogens (tertiary/aromatic N) is 4. The highest BCUT2D eigenvalue weighted by Gasteiger charge is 2.30. The molecule has 0 radical (unpaired) electrons. The molecule has 0 unspecified atom stereocenters. The summed E-state index contributed by atoms with van der Waals surface area (Å²) in [5.41, 5.74) is -0.0685. The largest absolute Gasteiger partial charge is 0.443 e. The summed E-state index contributed by atoms with van der Waals surface area (Å²) in [5, 5.41) is 4.58. The summed E-state index contributed by atoms with van der Waals surface area (Å²) in [6.07, 6.45) is 2.06. The quantitative estimate of drug-likeness (QED) is 0.689. The first kappa shape index (κ1) is 18.4. The fourth-order valence-corrected chi connectivity index (χ4v) is 3.17. The van der Waals surface area contributed by atoms with Gasteiger partial charge in [0.15, 0.2) is 5.65 Å². The van der Waals surface area contributed by atoms with Crippen LogP contribution in [0, 0.1) is 5.92 Å². The number of fused-ring (bicyclic) bond motifs is 1. The third-order valence-electron chi connectivity index (χ3n) is 3.73. The Morgan fingerprint density at radius 3 is 2.96 bits per heavy atom. The van der Waals surface area contributed by atoms with E-state index in [1.54, 1.807) is 21.7 Å². The molecule has 9 heteroatoms. The highest BCUT2D eigenvalue weighted by molar-refractivity contribution is 9.10. The van der Waals surface area contributed by atoms with Crippen LogP contribution < -0.4 is 4.90 Å². The van der Waals surface area contributed by atoms with Crippen molar-refractivity contribution < 1.29 is 14.3 Å². The van der Waals surface area contributed by atoms with E-state index in [-0.39, 0.29) is 11.1 Å². The molecule has 0 N–H and O–H groups in total. The van der Waals surface area contributed by atoms with Crippen molar-refractivity contribution in [2.45, 2.75) is 32.8 Å². The average molecular weight is 432 g/mol. The number of ether oxygens (including phenoxy) is 2. The van der Waals surface area contributed by atoms with Gasteiger partial charge >= 0.3 is 6.09 Å². The maximum Gasteiger partial charge on any atom is 0.416 e. The van der Waals surface area contributed by atoms with Crippen molar-refractivity contribution in [3.63, 3.8) is 0 Å². The predicted octanol–water partition coefficient (Wildman–Crippen LogP) is 3.92. The third-order valence-corrected chi connectivity index (χ3v) is 4.49. The number of hydrogen-bond acceptors (Lipinski definition) is 5. The number of aromatic nitrogens is 3. The second kappa shape index (κ2) is 7.09. The van der Waals surface area contributed by atoms with Gasteiger partial charge in [-0.3, -0.25) is 4.90 Å². The summed E-state index contributed by atoms with van der Waals surface area (Å²) in [7, 11) is 0. The van der Waals surface area contributed by atoms with Crippen LogP contribution in [-0.4, -0.2) is 46.1 Å². The van der Waals surface area contributed by atoms with Gasteiger partial charge in [0.1, 0.15) is 16.6 Å². The Bertz CT molecular complexity index is 784.